The average Bonchev–Trinajstić information content (AvgIpc) is 2.87. The van der Waals surface area contributed by atoms with Crippen LogP contribution in [-0.2, 0) is 6.42 Å². The Balaban J connectivity index is 2.04. The predicted octanol–water partition coefficient (Wildman–Crippen LogP) is 3.11. The van der Waals surface area contributed by atoms with Crippen molar-refractivity contribution in [2.75, 3.05) is 18.4 Å². The summed E-state index contributed by atoms with van der Waals surface area (Å²) in [5, 5.41) is 0.992. The Hall–Kier alpha value is -0.830. The highest BCUT2D eigenvalue weighted by Gasteiger charge is 2.25. The molecule has 1 heterocycles. The van der Waals surface area contributed by atoms with Crippen molar-refractivity contribution in [2.24, 2.45) is 5.92 Å². The number of carbonyl (C=O) groups excluding carboxylic acids is 1. The molecule has 0 N–H and O–H groups in total. The topological polar surface area (TPSA) is 20.3 Å². The van der Waals surface area contributed by atoms with E-state index >= 15 is 0 Å². The van der Waals surface area contributed by atoms with Gasteiger partial charge in [-0.25, -0.2) is 0 Å². The maximum absolute atomic E-state index is 12.2. The number of nitrogens with zero attached hydrogens (tertiary/aromatic N) is 1. The predicted molar refractivity (Wildman–Crippen MR) is 73.6 cm³/mol. The summed E-state index contributed by atoms with van der Waals surface area (Å²) in [6.45, 7) is 3.90. The second kappa shape index (κ2) is 5.67. The highest BCUT2D eigenvalue weighted by molar-refractivity contribution is 9.09. The summed E-state index contributed by atoms with van der Waals surface area (Å²) in [6, 6.07) is 7.99. The number of hydrogen-bond acceptors (Lipinski definition) is 1. The van der Waals surface area contributed by atoms with Crippen LogP contribution in [0.25, 0.3) is 0 Å². The summed E-state index contributed by atoms with van der Waals surface area (Å²) >= 11 is 3.49. The molecule has 92 valence electrons. The van der Waals surface area contributed by atoms with Gasteiger partial charge in [0.15, 0.2) is 0 Å². The van der Waals surface area contributed by atoms with Gasteiger partial charge in [0, 0.05) is 24.0 Å². The number of amides is 1. The number of alkyl halides is 1. The minimum absolute atomic E-state index is 0.177. The van der Waals surface area contributed by atoms with E-state index in [2.05, 4.69) is 22.9 Å². The monoisotopic (exact) mass is 295 g/mol. The summed E-state index contributed by atoms with van der Waals surface area (Å²) in [7, 11) is 0. The third-order valence-corrected chi connectivity index (χ3v) is 4.32. The molecule has 0 aliphatic carbocycles. The van der Waals surface area contributed by atoms with E-state index in [4.69, 9.17) is 0 Å². The van der Waals surface area contributed by atoms with Gasteiger partial charge in [-0.05, 0) is 36.5 Å². The molecule has 1 aromatic carbocycles. The highest BCUT2D eigenvalue weighted by atomic mass is 79.9. The number of likely N-dealkylation sites (tertiary alicyclic amines) is 1. The van der Waals surface area contributed by atoms with Crippen molar-refractivity contribution in [1.29, 1.82) is 0 Å². The summed E-state index contributed by atoms with van der Waals surface area (Å²) in [5.74, 6) is 0.796. The van der Waals surface area contributed by atoms with Crippen LogP contribution in [0.15, 0.2) is 24.3 Å². The summed E-state index contributed by atoms with van der Waals surface area (Å²) in [4.78, 5) is 14.2. The van der Waals surface area contributed by atoms with E-state index in [-0.39, 0.29) is 5.91 Å². The largest absolute Gasteiger partial charge is 0.338 e. The molecule has 1 aromatic rings. The number of rotatable bonds is 3. The van der Waals surface area contributed by atoms with Gasteiger partial charge in [-0.2, -0.15) is 0 Å². The standard InChI is InChI=1S/C14H18BrNO/c1-2-11-3-5-13(6-4-11)14(17)16-8-7-12(9-15)10-16/h3-6,12H,2,7-10H2,1H3. The first-order valence-electron chi connectivity index (χ1n) is 6.18. The Morgan fingerprint density at radius 1 is 1.41 bits per heavy atom. The molecule has 1 saturated heterocycles. The van der Waals surface area contributed by atoms with Crippen molar-refractivity contribution in [1.82, 2.24) is 4.90 Å². The van der Waals surface area contributed by atoms with E-state index in [1.165, 1.54) is 5.56 Å². The minimum atomic E-state index is 0.177. The summed E-state index contributed by atoms with van der Waals surface area (Å²) < 4.78 is 0. The quantitative estimate of drug-likeness (QED) is 0.785. The van der Waals surface area contributed by atoms with Crippen LogP contribution in [0.4, 0.5) is 0 Å². The normalized spacial score (nSPS) is 19.6. The Labute approximate surface area is 111 Å². The number of carbonyl (C=O) groups is 1. The van der Waals surface area contributed by atoms with Gasteiger partial charge in [0.25, 0.3) is 5.91 Å². The molecule has 2 nitrogen and oxygen atoms in total. The van der Waals surface area contributed by atoms with Gasteiger partial charge < -0.3 is 4.90 Å². The smallest absolute Gasteiger partial charge is 0.253 e. The lowest BCUT2D eigenvalue weighted by molar-refractivity contribution is 0.0788. The van der Waals surface area contributed by atoms with Crippen LogP contribution in [0.2, 0.25) is 0 Å². The Kier molecular flexibility index (Phi) is 4.21. The minimum Gasteiger partial charge on any atom is -0.338 e. The van der Waals surface area contributed by atoms with Gasteiger partial charge in [0.05, 0.1) is 0 Å². The summed E-state index contributed by atoms with van der Waals surface area (Å²) in [6.07, 6.45) is 2.13. The number of hydrogen-bond donors (Lipinski definition) is 0. The van der Waals surface area contributed by atoms with Crippen LogP contribution in [0.5, 0.6) is 0 Å². The molecule has 1 fully saturated rings. The third-order valence-electron chi connectivity index (χ3n) is 3.40. The van der Waals surface area contributed by atoms with Crippen LogP contribution in [0, 0.1) is 5.92 Å². The van der Waals surface area contributed by atoms with Crippen LogP contribution in [-0.4, -0.2) is 29.2 Å². The zero-order valence-electron chi connectivity index (χ0n) is 10.2. The molecule has 0 spiro atoms. The van der Waals surface area contributed by atoms with Crippen molar-refractivity contribution < 1.29 is 4.79 Å². The van der Waals surface area contributed by atoms with Crippen molar-refractivity contribution in [3.05, 3.63) is 35.4 Å². The molecule has 17 heavy (non-hydrogen) atoms. The zero-order chi connectivity index (χ0) is 12.3. The van der Waals surface area contributed by atoms with E-state index in [1.54, 1.807) is 0 Å². The molecule has 1 aliphatic rings. The fourth-order valence-electron chi connectivity index (χ4n) is 2.21. The van der Waals surface area contributed by atoms with E-state index in [9.17, 15) is 4.79 Å². The molecule has 1 unspecified atom stereocenters. The highest BCUT2D eigenvalue weighted by Crippen LogP contribution is 2.20. The van der Waals surface area contributed by atoms with Crippen molar-refractivity contribution in [3.8, 4) is 0 Å². The van der Waals surface area contributed by atoms with Crippen LogP contribution < -0.4 is 0 Å². The Morgan fingerprint density at radius 3 is 2.65 bits per heavy atom. The molecule has 0 aromatic heterocycles. The first-order chi connectivity index (χ1) is 8.24. The molecule has 0 radical (unpaired) electrons. The molecule has 0 saturated carbocycles. The van der Waals surface area contributed by atoms with Crippen LogP contribution >= 0.6 is 15.9 Å². The molecule has 1 amide bonds. The molecular weight excluding hydrogens is 278 g/mol. The van der Waals surface area contributed by atoms with Gasteiger partial charge in [-0.1, -0.05) is 35.0 Å². The van der Waals surface area contributed by atoms with Gasteiger partial charge in [0.2, 0.25) is 0 Å². The SMILES string of the molecule is CCc1ccc(C(=O)N2CCC(CBr)C2)cc1. The second-order valence-electron chi connectivity index (χ2n) is 4.61. The van der Waals surface area contributed by atoms with Gasteiger partial charge in [0.1, 0.15) is 0 Å². The first kappa shape index (κ1) is 12.6. The van der Waals surface area contributed by atoms with Crippen molar-refractivity contribution >= 4 is 21.8 Å². The molecule has 1 atom stereocenters. The maximum atomic E-state index is 12.2. The van der Waals surface area contributed by atoms with Crippen LogP contribution in [0.3, 0.4) is 0 Å². The lowest BCUT2D eigenvalue weighted by atomic mass is 10.1. The molecule has 0 bridgehead atoms. The van der Waals surface area contributed by atoms with Gasteiger partial charge in [-0.3, -0.25) is 4.79 Å². The van der Waals surface area contributed by atoms with E-state index < -0.39 is 0 Å². The van der Waals surface area contributed by atoms with Gasteiger partial charge >= 0.3 is 0 Å². The van der Waals surface area contributed by atoms with E-state index in [0.717, 1.165) is 36.8 Å². The lowest BCUT2D eigenvalue weighted by Gasteiger charge is -2.16. The number of aryl methyl sites for hydroxylation is 1. The number of benzene rings is 1. The van der Waals surface area contributed by atoms with Crippen molar-refractivity contribution in [3.63, 3.8) is 0 Å². The molecule has 1 aliphatic heterocycles. The first-order valence-corrected chi connectivity index (χ1v) is 7.31. The Bertz CT molecular complexity index is 388. The average molecular weight is 296 g/mol. The lowest BCUT2D eigenvalue weighted by Crippen LogP contribution is -2.28. The zero-order valence-corrected chi connectivity index (χ0v) is 11.7. The molecule has 2 rings (SSSR count). The number of halogens is 1. The van der Waals surface area contributed by atoms with E-state index in [0.29, 0.717) is 5.92 Å². The van der Waals surface area contributed by atoms with Gasteiger partial charge in [-0.15, -0.1) is 0 Å². The Morgan fingerprint density at radius 2 is 2.12 bits per heavy atom. The fraction of sp³-hybridized carbons (Fsp3) is 0.500. The second-order valence-corrected chi connectivity index (χ2v) is 5.26. The van der Waals surface area contributed by atoms with Crippen LogP contribution in [0.1, 0.15) is 29.3 Å². The fourth-order valence-corrected chi connectivity index (χ4v) is 2.74. The maximum Gasteiger partial charge on any atom is 0.253 e. The summed E-state index contributed by atoms with van der Waals surface area (Å²) in [5.41, 5.74) is 2.10. The van der Waals surface area contributed by atoms with E-state index in [1.807, 2.05) is 29.2 Å². The molecular formula is C14H18BrNO. The van der Waals surface area contributed by atoms with Crippen molar-refractivity contribution in [2.45, 2.75) is 19.8 Å². The third kappa shape index (κ3) is 2.89. The molecule has 3 heteroatoms.